The summed E-state index contributed by atoms with van der Waals surface area (Å²) in [6, 6.07) is 4.37. The fourth-order valence-electron chi connectivity index (χ4n) is 2.97. The van der Waals surface area contributed by atoms with E-state index in [1.807, 2.05) is 0 Å². The molecular formula is C18H19F4N. The quantitative estimate of drug-likeness (QED) is 0.624. The molecule has 5 heteroatoms. The lowest BCUT2D eigenvalue weighted by molar-refractivity contribution is -0.0798. The van der Waals surface area contributed by atoms with E-state index in [9.17, 15) is 17.6 Å². The molecule has 124 valence electrons. The standard InChI is InChI=1S/C18H19F4N/c1-2-3-12(8-9-18(20,21)22)10-16-15-6-5-14(19)11-13(15)4-7-17(16)23/h2-3,5-6,8-9,11,16-17H,1,4,7,10,23H2. The van der Waals surface area contributed by atoms with Gasteiger partial charge in [-0.25, -0.2) is 4.39 Å². The Bertz CT molecular complexity index is 628. The maximum atomic E-state index is 13.4. The van der Waals surface area contributed by atoms with Crippen LogP contribution in [0.2, 0.25) is 0 Å². The van der Waals surface area contributed by atoms with Crippen LogP contribution in [0.4, 0.5) is 17.6 Å². The van der Waals surface area contributed by atoms with Crippen molar-refractivity contribution >= 4 is 0 Å². The number of fused-ring (bicyclic) bond motifs is 1. The van der Waals surface area contributed by atoms with Crippen molar-refractivity contribution in [3.63, 3.8) is 0 Å². The lowest BCUT2D eigenvalue weighted by Gasteiger charge is -2.31. The molecular weight excluding hydrogens is 306 g/mol. The Morgan fingerprint density at radius 3 is 2.74 bits per heavy atom. The van der Waals surface area contributed by atoms with Crippen molar-refractivity contribution in [3.05, 3.63) is 71.6 Å². The smallest absolute Gasteiger partial charge is 0.327 e. The molecule has 0 amide bonds. The van der Waals surface area contributed by atoms with Crippen LogP contribution in [0.5, 0.6) is 0 Å². The van der Waals surface area contributed by atoms with Gasteiger partial charge >= 0.3 is 6.18 Å². The summed E-state index contributed by atoms with van der Waals surface area (Å²) in [5, 5.41) is 0. The van der Waals surface area contributed by atoms with E-state index in [1.165, 1.54) is 18.2 Å². The van der Waals surface area contributed by atoms with Crippen LogP contribution in [-0.2, 0) is 6.42 Å². The Kier molecular flexibility index (Phi) is 5.42. The van der Waals surface area contributed by atoms with E-state index in [4.69, 9.17) is 5.73 Å². The Morgan fingerprint density at radius 2 is 2.09 bits per heavy atom. The topological polar surface area (TPSA) is 26.0 Å². The molecule has 0 fully saturated rings. The van der Waals surface area contributed by atoms with Gasteiger partial charge in [0, 0.05) is 18.0 Å². The van der Waals surface area contributed by atoms with Gasteiger partial charge in [0.25, 0.3) is 0 Å². The zero-order valence-electron chi connectivity index (χ0n) is 12.6. The number of benzene rings is 1. The van der Waals surface area contributed by atoms with Crippen molar-refractivity contribution in [2.45, 2.75) is 37.4 Å². The summed E-state index contributed by atoms with van der Waals surface area (Å²) in [6.45, 7) is 3.54. The monoisotopic (exact) mass is 325 g/mol. The number of alkyl halides is 3. The lowest BCUT2D eigenvalue weighted by atomic mass is 9.76. The summed E-state index contributed by atoms with van der Waals surface area (Å²) >= 11 is 0. The van der Waals surface area contributed by atoms with E-state index in [0.717, 1.165) is 17.2 Å². The molecule has 2 unspecified atom stereocenters. The van der Waals surface area contributed by atoms with Gasteiger partial charge in [-0.2, -0.15) is 13.2 Å². The van der Waals surface area contributed by atoms with Crippen molar-refractivity contribution in [2.75, 3.05) is 0 Å². The lowest BCUT2D eigenvalue weighted by Crippen LogP contribution is -2.33. The van der Waals surface area contributed by atoms with Crippen molar-refractivity contribution in [2.24, 2.45) is 5.73 Å². The average molecular weight is 325 g/mol. The first kappa shape index (κ1) is 17.5. The van der Waals surface area contributed by atoms with E-state index >= 15 is 0 Å². The summed E-state index contributed by atoms with van der Waals surface area (Å²) in [5.41, 5.74) is 8.46. The van der Waals surface area contributed by atoms with E-state index in [-0.39, 0.29) is 23.9 Å². The fraction of sp³-hybridized carbons (Fsp3) is 0.333. The first-order valence-electron chi connectivity index (χ1n) is 7.41. The maximum Gasteiger partial charge on any atom is 0.409 e. The Balaban J connectivity index is 2.28. The molecule has 0 saturated heterocycles. The molecule has 1 aromatic carbocycles. The highest BCUT2D eigenvalue weighted by molar-refractivity contribution is 5.37. The second kappa shape index (κ2) is 7.13. The Morgan fingerprint density at radius 1 is 1.35 bits per heavy atom. The molecule has 0 bridgehead atoms. The third-order valence-electron chi connectivity index (χ3n) is 4.04. The van der Waals surface area contributed by atoms with Crippen LogP contribution in [0.1, 0.15) is 29.9 Å². The number of aryl methyl sites for hydroxylation is 1. The predicted molar refractivity (Wildman–Crippen MR) is 83.5 cm³/mol. The molecule has 2 atom stereocenters. The van der Waals surface area contributed by atoms with Crippen molar-refractivity contribution in [3.8, 4) is 0 Å². The summed E-state index contributed by atoms with van der Waals surface area (Å²) in [7, 11) is 0. The van der Waals surface area contributed by atoms with Gasteiger partial charge in [-0.1, -0.05) is 30.9 Å². The van der Waals surface area contributed by atoms with Crippen LogP contribution in [-0.4, -0.2) is 12.2 Å². The van der Waals surface area contributed by atoms with E-state index < -0.39 is 6.18 Å². The molecule has 23 heavy (non-hydrogen) atoms. The Labute approximate surface area is 133 Å². The van der Waals surface area contributed by atoms with Gasteiger partial charge < -0.3 is 5.73 Å². The number of halogens is 4. The van der Waals surface area contributed by atoms with Crippen molar-refractivity contribution in [1.29, 1.82) is 0 Å². The average Bonchev–Trinajstić information content (AvgIpc) is 2.47. The van der Waals surface area contributed by atoms with Gasteiger partial charge in [-0.3, -0.25) is 0 Å². The predicted octanol–water partition coefficient (Wildman–Crippen LogP) is 4.80. The molecule has 2 N–H and O–H groups in total. The molecule has 1 aromatic rings. The maximum absolute atomic E-state index is 13.4. The highest BCUT2D eigenvalue weighted by Gasteiger charge is 2.28. The second-order valence-corrected chi connectivity index (χ2v) is 5.71. The molecule has 0 spiro atoms. The van der Waals surface area contributed by atoms with Crippen LogP contribution in [0.3, 0.4) is 0 Å². The minimum atomic E-state index is -4.37. The molecule has 0 radical (unpaired) electrons. The minimum absolute atomic E-state index is 0.136. The van der Waals surface area contributed by atoms with E-state index in [0.29, 0.717) is 24.8 Å². The van der Waals surface area contributed by atoms with Crippen LogP contribution in [0.15, 0.2) is 54.7 Å². The number of rotatable bonds is 4. The molecule has 0 saturated carbocycles. The third kappa shape index (κ3) is 4.79. The van der Waals surface area contributed by atoms with Crippen LogP contribution >= 0.6 is 0 Å². The van der Waals surface area contributed by atoms with Crippen LogP contribution in [0.25, 0.3) is 0 Å². The fourth-order valence-corrected chi connectivity index (χ4v) is 2.97. The highest BCUT2D eigenvalue weighted by atomic mass is 19.4. The van der Waals surface area contributed by atoms with Gasteiger partial charge in [-0.15, -0.1) is 0 Å². The second-order valence-electron chi connectivity index (χ2n) is 5.71. The molecule has 1 nitrogen and oxygen atoms in total. The number of nitrogens with two attached hydrogens (primary N) is 1. The van der Waals surface area contributed by atoms with Crippen molar-refractivity contribution in [1.82, 2.24) is 0 Å². The van der Waals surface area contributed by atoms with Crippen LogP contribution < -0.4 is 5.73 Å². The summed E-state index contributed by atoms with van der Waals surface area (Å²) in [5.74, 6) is -0.444. The normalized spacial score (nSPS) is 22.2. The van der Waals surface area contributed by atoms with Gasteiger partial charge in [0.05, 0.1) is 0 Å². The van der Waals surface area contributed by atoms with Crippen LogP contribution in [0, 0.1) is 5.82 Å². The molecule has 0 heterocycles. The number of allylic oxidation sites excluding steroid dienone is 5. The molecule has 1 aliphatic rings. The largest absolute Gasteiger partial charge is 0.409 e. The summed E-state index contributed by atoms with van der Waals surface area (Å²) < 4.78 is 50.5. The third-order valence-corrected chi connectivity index (χ3v) is 4.04. The van der Waals surface area contributed by atoms with Gasteiger partial charge in [0.15, 0.2) is 0 Å². The van der Waals surface area contributed by atoms with E-state index in [2.05, 4.69) is 6.58 Å². The van der Waals surface area contributed by atoms with Crippen molar-refractivity contribution < 1.29 is 17.6 Å². The Hall–Kier alpha value is -1.88. The first-order valence-corrected chi connectivity index (χ1v) is 7.41. The molecule has 1 aliphatic carbocycles. The highest BCUT2D eigenvalue weighted by Crippen LogP contribution is 2.36. The van der Waals surface area contributed by atoms with E-state index in [1.54, 1.807) is 12.1 Å². The van der Waals surface area contributed by atoms with Gasteiger partial charge in [0.1, 0.15) is 5.82 Å². The first-order chi connectivity index (χ1) is 10.8. The summed E-state index contributed by atoms with van der Waals surface area (Å²) in [4.78, 5) is 0. The zero-order chi connectivity index (χ0) is 17.0. The molecule has 0 aromatic heterocycles. The molecule has 2 rings (SSSR count). The van der Waals surface area contributed by atoms with Gasteiger partial charge in [0.2, 0.25) is 0 Å². The van der Waals surface area contributed by atoms with Gasteiger partial charge in [-0.05, 0) is 48.1 Å². The SMILES string of the molecule is C=CC=C(C=CC(F)(F)F)CC1c2ccc(F)cc2CCC1N. The molecule has 0 aliphatic heterocycles. The zero-order valence-corrected chi connectivity index (χ0v) is 12.6. The minimum Gasteiger partial charge on any atom is -0.327 e. The number of hydrogen-bond donors (Lipinski definition) is 1. The summed E-state index contributed by atoms with van der Waals surface area (Å²) in [6.07, 6.45) is 1.63. The number of hydrogen-bond acceptors (Lipinski definition) is 1.